The zero-order valence-electron chi connectivity index (χ0n) is 13.0. The highest BCUT2D eigenvalue weighted by Gasteiger charge is 2.35. The molecule has 2 heterocycles. The molecule has 2 nitrogen and oxygen atoms in total. The lowest BCUT2D eigenvalue weighted by Crippen LogP contribution is -2.51. The van der Waals surface area contributed by atoms with Gasteiger partial charge < -0.3 is 10.2 Å². The molecule has 0 saturated carbocycles. The zero-order chi connectivity index (χ0) is 14.0. The Kier molecular flexibility index (Phi) is 4.02. The van der Waals surface area contributed by atoms with Crippen LogP contribution in [-0.4, -0.2) is 25.2 Å². The van der Waals surface area contributed by atoms with E-state index in [4.69, 9.17) is 0 Å². The number of hydrogen-bond donors (Lipinski definition) is 1. The lowest BCUT2D eigenvalue weighted by molar-refractivity contribution is 0.342. The molecule has 2 aliphatic heterocycles. The molecule has 2 aliphatic rings. The lowest BCUT2D eigenvalue weighted by Gasteiger charge is -2.40. The van der Waals surface area contributed by atoms with Crippen LogP contribution in [-0.2, 0) is 6.42 Å². The van der Waals surface area contributed by atoms with Gasteiger partial charge in [-0.05, 0) is 57.2 Å². The minimum Gasteiger partial charge on any atom is -0.369 e. The average molecular weight is 272 g/mol. The highest BCUT2D eigenvalue weighted by atomic mass is 15.2. The fourth-order valence-electron chi connectivity index (χ4n) is 4.11. The van der Waals surface area contributed by atoms with E-state index in [-0.39, 0.29) is 0 Å². The summed E-state index contributed by atoms with van der Waals surface area (Å²) in [5.41, 5.74) is 4.81. The summed E-state index contributed by atoms with van der Waals surface area (Å²) < 4.78 is 0. The maximum atomic E-state index is 3.82. The molecule has 0 aliphatic carbocycles. The van der Waals surface area contributed by atoms with Gasteiger partial charge in [-0.1, -0.05) is 31.0 Å². The zero-order valence-corrected chi connectivity index (χ0v) is 13.0. The van der Waals surface area contributed by atoms with Gasteiger partial charge in [0, 0.05) is 24.3 Å². The number of nitrogens with one attached hydrogen (secondary N) is 1. The summed E-state index contributed by atoms with van der Waals surface area (Å²) in [7, 11) is 0. The number of anilines is 1. The number of hydrogen-bond acceptors (Lipinski definition) is 2. The fourth-order valence-corrected chi connectivity index (χ4v) is 4.11. The second kappa shape index (κ2) is 5.77. The second-order valence-electron chi connectivity index (χ2n) is 6.72. The van der Waals surface area contributed by atoms with Crippen molar-refractivity contribution in [2.24, 2.45) is 0 Å². The third-order valence-corrected chi connectivity index (χ3v) is 5.00. The van der Waals surface area contributed by atoms with Crippen molar-refractivity contribution in [3.8, 4) is 0 Å². The molecule has 1 saturated heterocycles. The molecule has 0 spiro atoms. The number of rotatable bonds is 4. The first-order valence-corrected chi connectivity index (χ1v) is 8.32. The van der Waals surface area contributed by atoms with E-state index in [0.29, 0.717) is 5.54 Å². The second-order valence-corrected chi connectivity index (χ2v) is 6.72. The molecule has 1 aromatic rings. The maximum Gasteiger partial charge on any atom is 0.0399 e. The molecule has 1 unspecified atom stereocenters. The topological polar surface area (TPSA) is 15.3 Å². The quantitative estimate of drug-likeness (QED) is 0.899. The van der Waals surface area contributed by atoms with Crippen molar-refractivity contribution in [1.29, 1.82) is 0 Å². The molecule has 1 aromatic carbocycles. The van der Waals surface area contributed by atoms with Crippen LogP contribution in [0.3, 0.4) is 0 Å². The van der Waals surface area contributed by atoms with Crippen LogP contribution in [0.15, 0.2) is 18.2 Å². The highest BCUT2D eigenvalue weighted by molar-refractivity contribution is 5.57. The van der Waals surface area contributed by atoms with Crippen LogP contribution in [0.2, 0.25) is 0 Å². The molecule has 0 bridgehead atoms. The molecule has 1 atom stereocenters. The van der Waals surface area contributed by atoms with Crippen LogP contribution in [0.4, 0.5) is 5.69 Å². The summed E-state index contributed by atoms with van der Waals surface area (Å²) in [6, 6.07) is 7.00. The Labute approximate surface area is 123 Å². The Morgan fingerprint density at radius 3 is 2.95 bits per heavy atom. The first-order valence-electron chi connectivity index (χ1n) is 8.32. The van der Waals surface area contributed by atoms with Crippen molar-refractivity contribution in [2.75, 3.05) is 24.5 Å². The third-order valence-electron chi connectivity index (χ3n) is 5.00. The normalized spacial score (nSPS) is 25.8. The number of benzene rings is 1. The lowest BCUT2D eigenvalue weighted by atomic mass is 9.89. The molecule has 3 rings (SSSR count). The van der Waals surface area contributed by atoms with Gasteiger partial charge in [0.05, 0.1) is 0 Å². The van der Waals surface area contributed by atoms with Crippen molar-refractivity contribution in [3.63, 3.8) is 0 Å². The molecular weight excluding hydrogens is 244 g/mol. The molecule has 0 aromatic heterocycles. The van der Waals surface area contributed by atoms with Crippen molar-refractivity contribution < 1.29 is 0 Å². The average Bonchev–Trinajstić information content (AvgIpc) is 2.87. The molecule has 20 heavy (non-hydrogen) atoms. The van der Waals surface area contributed by atoms with Crippen LogP contribution >= 0.6 is 0 Å². The van der Waals surface area contributed by atoms with Crippen LogP contribution in [0.5, 0.6) is 0 Å². The summed E-state index contributed by atoms with van der Waals surface area (Å²) in [5, 5.41) is 3.82. The smallest absolute Gasteiger partial charge is 0.0399 e. The van der Waals surface area contributed by atoms with Gasteiger partial charge in [0.15, 0.2) is 0 Å². The van der Waals surface area contributed by atoms with Gasteiger partial charge in [0.1, 0.15) is 0 Å². The Balaban J connectivity index is 1.81. The summed E-state index contributed by atoms with van der Waals surface area (Å²) in [4.78, 5) is 2.65. The Morgan fingerprint density at radius 2 is 2.20 bits per heavy atom. The molecular formula is C18H28N2. The van der Waals surface area contributed by atoms with Crippen molar-refractivity contribution in [3.05, 3.63) is 29.3 Å². The van der Waals surface area contributed by atoms with Crippen molar-refractivity contribution in [2.45, 2.75) is 57.9 Å². The maximum absolute atomic E-state index is 3.82. The Hall–Kier alpha value is -1.02. The van der Waals surface area contributed by atoms with Gasteiger partial charge in [-0.25, -0.2) is 0 Å². The third kappa shape index (κ3) is 2.71. The molecule has 0 amide bonds. The van der Waals surface area contributed by atoms with E-state index in [9.17, 15) is 0 Å². The summed E-state index contributed by atoms with van der Waals surface area (Å²) in [6.45, 7) is 8.14. The van der Waals surface area contributed by atoms with E-state index in [1.165, 1.54) is 69.4 Å². The van der Waals surface area contributed by atoms with Crippen LogP contribution in [0, 0.1) is 6.92 Å². The number of fused-ring (bicyclic) bond motifs is 1. The molecule has 110 valence electrons. The molecule has 1 N–H and O–H groups in total. The van der Waals surface area contributed by atoms with E-state index in [1.807, 2.05) is 0 Å². The first-order chi connectivity index (χ1) is 9.72. The van der Waals surface area contributed by atoms with Gasteiger partial charge in [0.25, 0.3) is 0 Å². The predicted octanol–water partition coefficient (Wildman–Crippen LogP) is 3.67. The monoisotopic (exact) mass is 272 g/mol. The summed E-state index contributed by atoms with van der Waals surface area (Å²) >= 11 is 0. The van der Waals surface area contributed by atoms with Gasteiger partial charge in [0.2, 0.25) is 0 Å². The van der Waals surface area contributed by atoms with Gasteiger partial charge in [-0.15, -0.1) is 0 Å². The van der Waals surface area contributed by atoms with Crippen molar-refractivity contribution >= 4 is 5.69 Å². The standard InChI is InChI=1S/C18H28N2/c1-3-9-18(10-5-11-19-18)14-20-12-4-6-16-13-15(2)7-8-17(16)20/h7-8,13,19H,3-6,9-12,14H2,1-2H3. The van der Waals surface area contributed by atoms with Gasteiger partial charge in [-0.3, -0.25) is 0 Å². The number of nitrogens with zero attached hydrogens (tertiary/aromatic N) is 1. The van der Waals surface area contributed by atoms with Crippen LogP contribution in [0.1, 0.15) is 50.2 Å². The van der Waals surface area contributed by atoms with Crippen LogP contribution < -0.4 is 10.2 Å². The molecule has 2 heteroatoms. The van der Waals surface area contributed by atoms with E-state index in [1.54, 1.807) is 5.56 Å². The van der Waals surface area contributed by atoms with Crippen molar-refractivity contribution in [1.82, 2.24) is 5.32 Å². The minimum atomic E-state index is 0.369. The highest BCUT2D eigenvalue weighted by Crippen LogP contribution is 2.32. The van der Waals surface area contributed by atoms with E-state index < -0.39 is 0 Å². The Morgan fingerprint density at radius 1 is 1.30 bits per heavy atom. The Bertz CT molecular complexity index is 460. The van der Waals surface area contributed by atoms with Crippen LogP contribution in [0.25, 0.3) is 0 Å². The van der Waals surface area contributed by atoms with E-state index in [0.717, 1.165) is 0 Å². The number of aryl methyl sites for hydroxylation is 2. The fraction of sp³-hybridized carbons (Fsp3) is 0.667. The van der Waals surface area contributed by atoms with E-state index >= 15 is 0 Å². The largest absolute Gasteiger partial charge is 0.369 e. The summed E-state index contributed by atoms with van der Waals surface area (Å²) in [6.07, 6.45) is 7.83. The van der Waals surface area contributed by atoms with E-state index in [2.05, 4.69) is 42.3 Å². The molecule has 0 radical (unpaired) electrons. The predicted molar refractivity (Wildman–Crippen MR) is 86.6 cm³/mol. The molecule has 1 fully saturated rings. The minimum absolute atomic E-state index is 0.369. The van der Waals surface area contributed by atoms with Gasteiger partial charge >= 0.3 is 0 Å². The summed E-state index contributed by atoms with van der Waals surface area (Å²) in [5.74, 6) is 0. The first kappa shape index (κ1) is 13.9. The SMILES string of the molecule is CCCC1(CN2CCCc3cc(C)ccc32)CCCN1. The van der Waals surface area contributed by atoms with Gasteiger partial charge in [-0.2, -0.15) is 0 Å².